The van der Waals surface area contributed by atoms with Crippen LogP contribution in [0.15, 0.2) is 59.2 Å². The molecule has 0 N–H and O–H groups in total. The predicted molar refractivity (Wildman–Crippen MR) is 71.1 cm³/mol. The monoisotopic (exact) mass is 256 g/mol. The SMILES string of the molecule is O=C(c1ccc2ccccc2c1)c1ccoc1Cl. The van der Waals surface area contributed by atoms with Crippen LogP contribution in [0.5, 0.6) is 0 Å². The normalized spacial score (nSPS) is 10.7. The van der Waals surface area contributed by atoms with E-state index in [1.165, 1.54) is 6.26 Å². The maximum absolute atomic E-state index is 12.2. The molecule has 0 aliphatic carbocycles. The summed E-state index contributed by atoms with van der Waals surface area (Å²) in [5.41, 5.74) is 1.00. The van der Waals surface area contributed by atoms with Gasteiger partial charge in [-0.05, 0) is 34.5 Å². The first-order valence-corrected chi connectivity index (χ1v) is 5.90. The van der Waals surface area contributed by atoms with Crippen LogP contribution in [0.1, 0.15) is 15.9 Å². The molecule has 0 aliphatic rings. The Morgan fingerprint density at radius 2 is 1.78 bits per heavy atom. The zero-order valence-corrected chi connectivity index (χ0v) is 10.1. The standard InChI is InChI=1S/C15H9ClO2/c16-15-13(7-8-18-15)14(17)12-6-5-10-3-1-2-4-11(10)9-12/h1-9H. The van der Waals surface area contributed by atoms with Crippen molar-refractivity contribution in [3.63, 3.8) is 0 Å². The molecular weight excluding hydrogens is 248 g/mol. The molecule has 0 atom stereocenters. The first-order valence-electron chi connectivity index (χ1n) is 5.52. The Bertz CT molecular complexity index is 728. The van der Waals surface area contributed by atoms with Crippen LogP contribution in [0.2, 0.25) is 5.22 Å². The van der Waals surface area contributed by atoms with E-state index < -0.39 is 0 Å². The molecule has 2 aromatic carbocycles. The van der Waals surface area contributed by atoms with Crippen molar-refractivity contribution in [1.29, 1.82) is 0 Å². The average molecular weight is 257 g/mol. The Labute approximate surface area is 109 Å². The third-order valence-electron chi connectivity index (χ3n) is 2.87. The lowest BCUT2D eigenvalue weighted by molar-refractivity contribution is 0.103. The van der Waals surface area contributed by atoms with E-state index in [0.717, 1.165) is 10.8 Å². The molecule has 0 aliphatic heterocycles. The van der Waals surface area contributed by atoms with Crippen molar-refractivity contribution in [2.75, 3.05) is 0 Å². The van der Waals surface area contributed by atoms with Gasteiger partial charge < -0.3 is 4.42 Å². The molecule has 0 saturated heterocycles. The molecule has 3 aromatic rings. The first kappa shape index (κ1) is 11.1. The maximum atomic E-state index is 12.2. The van der Waals surface area contributed by atoms with Gasteiger partial charge in [0.2, 0.25) is 5.22 Å². The Hall–Kier alpha value is -2.06. The van der Waals surface area contributed by atoms with Crippen molar-refractivity contribution in [3.05, 3.63) is 71.1 Å². The van der Waals surface area contributed by atoms with Crippen LogP contribution in [0.25, 0.3) is 10.8 Å². The number of fused-ring (bicyclic) bond motifs is 1. The molecule has 0 saturated carbocycles. The lowest BCUT2D eigenvalue weighted by Crippen LogP contribution is -2.00. The highest BCUT2D eigenvalue weighted by atomic mass is 35.5. The quantitative estimate of drug-likeness (QED) is 0.639. The van der Waals surface area contributed by atoms with Gasteiger partial charge in [-0.2, -0.15) is 0 Å². The Balaban J connectivity index is 2.10. The lowest BCUT2D eigenvalue weighted by atomic mass is 10.0. The number of rotatable bonds is 2. The van der Waals surface area contributed by atoms with Crippen LogP contribution in [-0.2, 0) is 0 Å². The molecule has 1 aromatic heterocycles. The van der Waals surface area contributed by atoms with E-state index in [1.807, 2.05) is 36.4 Å². The fourth-order valence-corrected chi connectivity index (χ4v) is 2.14. The van der Waals surface area contributed by atoms with Crippen molar-refractivity contribution in [2.45, 2.75) is 0 Å². The van der Waals surface area contributed by atoms with Crippen LogP contribution in [0.3, 0.4) is 0 Å². The van der Waals surface area contributed by atoms with Gasteiger partial charge in [0.15, 0.2) is 5.78 Å². The van der Waals surface area contributed by atoms with E-state index in [4.69, 9.17) is 16.0 Å². The molecule has 0 radical (unpaired) electrons. The first-order chi connectivity index (χ1) is 8.75. The van der Waals surface area contributed by atoms with Crippen molar-refractivity contribution in [1.82, 2.24) is 0 Å². The van der Waals surface area contributed by atoms with Gasteiger partial charge in [-0.3, -0.25) is 4.79 Å². The molecule has 0 bridgehead atoms. The molecule has 88 valence electrons. The Kier molecular flexibility index (Phi) is 2.65. The van der Waals surface area contributed by atoms with Gasteiger partial charge in [0.1, 0.15) is 0 Å². The molecule has 0 fully saturated rings. The van der Waals surface area contributed by atoms with Crippen molar-refractivity contribution >= 4 is 28.2 Å². The molecule has 18 heavy (non-hydrogen) atoms. The van der Waals surface area contributed by atoms with Crippen LogP contribution in [-0.4, -0.2) is 5.78 Å². The summed E-state index contributed by atoms with van der Waals surface area (Å²) in [6.45, 7) is 0. The van der Waals surface area contributed by atoms with Gasteiger partial charge in [-0.1, -0.05) is 36.4 Å². The summed E-state index contributed by atoms with van der Waals surface area (Å²) in [5.74, 6) is -0.125. The van der Waals surface area contributed by atoms with Gasteiger partial charge >= 0.3 is 0 Å². The summed E-state index contributed by atoms with van der Waals surface area (Å²) < 4.78 is 4.94. The lowest BCUT2D eigenvalue weighted by Gasteiger charge is -2.02. The van der Waals surface area contributed by atoms with Crippen LogP contribution in [0, 0.1) is 0 Å². The average Bonchev–Trinajstić information content (AvgIpc) is 2.83. The van der Waals surface area contributed by atoms with Crippen molar-refractivity contribution in [3.8, 4) is 0 Å². The van der Waals surface area contributed by atoms with E-state index >= 15 is 0 Å². The van der Waals surface area contributed by atoms with Crippen LogP contribution in [0.4, 0.5) is 0 Å². The van der Waals surface area contributed by atoms with E-state index in [1.54, 1.807) is 12.1 Å². The second-order valence-corrected chi connectivity index (χ2v) is 4.34. The number of carbonyl (C=O) groups is 1. The number of ketones is 1. The molecule has 0 spiro atoms. The number of hydrogen-bond acceptors (Lipinski definition) is 2. The van der Waals surface area contributed by atoms with E-state index in [-0.39, 0.29) is 11.0 Å². The summed E-state index contributed by atoms with van der Waals surface area (Å²) in [7, 11) is 0. The number of halogens is 1. The fraction of sp³-hybridized carbons (Fsp3) is 0. The highest BCUT2D eigenvalue weighted by molar-refractivity contribution is 6.33. The van der Waals surface area contributed by atoms with Crippen molar-refractivity contribution in [2.24, 2.45) is 0 Å². The van der Waals surface area contributed by atoms with Gasteiger partial charge in [0.05, 0.1) is 11.8 Å². The maximum Gasteiger partial charge on any atom is 0.204 e. The number of furan rings is 1. The Morgan fingerprint density at radius 1 is 1.00 bits per heavy atom. The Morgan fingerprint density at radius 3 is 2.50 bits per heavy atom. The summed E-state index contributed by atoms with van der Waals surface area (Å²) in [4.78, 5) is 12.2. The zero-order valence-electron chi connectivity index (χ0n) is 9.39. The number of carbonyl (C=O) groups excluding carboxylic acids is 1. The van der Waals surface area contributed by atoms with Crippen LogP contribution < -0.4 is 0 Å². The summed E-state index contributed by atoms with van der Waals surface area (Å²) in [6, 6.07) is 15.1. The minimum Gasteiger partial charge on any atom is -0.452 e. The molecule has 3 rings (SSSR count). The number of hydrogen-bond donors (Lipinski definition) is 0. The van der Waals surface area contributed by atoms with Crippen molar-refractivity contribution < 1.29 is 9.21 Å². The smallest absolute Gasteiger partial charge is 0.204 e. The van der Waals surface area contributed by atoms with Crippen LogP contribution >= 0.6 is 11.6 Å². The largest absolute Gasteiger partial charge is 0.452 e. The summed E-state index contributed by atoms with van der Waals surface area (Å²) in [5, 5.41) is 2.27. The third kappa shape index (κ3) is 1.81. The minimum atomic E-state index is -0.125. The zero-order chi connectivity index (χ0) is 12.5. The third-order valence-corrected chi connectivity index (χ3v) is 3.17. The van der Waals surface area contributed by atoms with Gasteiger partial charge in [0, 0.05) is 5.56 Å². The topological polar surface area (TPSA) is 30.2 Å². The second-order valence-electron chi connectivity index (χ2n) is 4.00. The van der Waals surface area contributed by atoms with Gasteiger partial charge in [-0.25, -0.2) is 0 Å². The highest BCUT2D eigenvalue weighted by Gasteiger charge is 2.15. The highest BCUT2D eigenvalue weighted by Crippen LogP contribution is 2.22. The van der Waals surface area contributed by atoms with Gasteiger partial charge in [0.25, 0.3) is 0 Å². The predicted octanol–water partition coefficient (Wildman–Crippen LogP) is 4.32. The molecule has 1 heterocycles. The van der Waals surface area contributed by atoms with E-state index in [2.05, 4.69) is 0 Å². The molecule has 3 heteroatoms. The van der Waals surface area contributed by atoms with Gasteiger partial charge in [-0.15, -0.1) is 0 Å². The summed E-state index contributed by atoms with van der Waals surface area (Å²) >= 11 is 5.82. The minimum absolute atomic E-state index is 0.125. The van der Waals surface area contributed by atoms with E-state index in [0.29, 0.717) is 11.1 Å². The molecule has 0 unspecified atom stereocenters. The van der Waals surface area contributed by atoms with E-state index in [9.17, 15) is 4.79 Å². The molecular formula is C15H9ClO2. The number of benzene rings is 2. The fourth-order valence-electron chi connectivity index (χ4n) is 1.94. The molecule has 2 nitrogen and oxygen atoms in total. The second kappa shape index (κ2) is 4.31. The molecule has 0 amide bonds. The summed E-state index contributed by atoms with van der Waals surface area (Å²) in [6.07, 6.45) is 1.41.